The van der Waals surface area contributed by atoms with Crippen LogP contribution in [-0.4, -0.2) is 33.8 Å². The summed E-state index contributed by atoms with van der Waals surface area (Å²) in [4.78, 5) is 6.48. The third-order valence-electron chi connectivity index (χ3n) is 5.10. The molecule has 0 aliphatic carbocycles. The normalized spacial score (nSPS) is 16.3. The van der Waals surface area contributed by atoms with Crippen LogP contribution in [0.2, 0.25) is 0 Å². The summed E-state index contributed by atoms with van der Waals surface area (Å²) in [6.45, 7) is 6.30. The smallest absolute Gasteiger partial charge is 0.258 e. The molecule has 2 aromatic carbocycles. The molecule has 3 aromatic rings. The molecule has 31 heavy (non-hydrogen) atoms. The van der Waals surface area contributed by atoms with Gasteiger partial charge in [-0.3, -0.25) is 0 Å². The second kappa shape index (κ2) is 8.69. The Kier molecular flexibility index (Phi) is 5.81. The van der Waals surface area contributed by atoms with E-state index in [4.69, 9.17) is 21.5 Å². The zero-order valence-corrected chi connectivity index (χ0v) is 17.9. The molecule has 0 spiro atoms. The largest absolute Gasteiger partial charge is 0.497 e. The summed E-state index contributed by atoms with van der Waals surface area (Å²) >= 11 is 5.59. The van der Waals surface area contributed by atoms with E-state index in [9.17, 15) is 4.39 Å². The summed E-state index contributed by atoms with van der Waals surface area (Å²) in [5.41, 5.74) is 3.16. The van der Waals surface area contributed by atoms with Gasteiger partial charge >= 0.3 is 0 Å². The second-order valence-electron chi connectivity index (χ2n) is 6.99. The van der Waals surface area contributed by atoms with Crippen LogP contribution in [0.25, 0.3) is 17.0 Å². The van der Waals surface area contributed by atoms with E-state index in [1.54, 1.807) is 25.3 Å². The highest BCUT2D eigenvalue weighted by atomic mass is 32.1. The van der Waals surface area contributed by atoms with Crippen LogP contribution in [0.3, 0.4) is 0 Å². The number of halogens is 1. The van der Waals surface area contributed by atoms with E-state index in [-0.39, 0.29) is 11.9 Å². The van der Waals surface area contributed by atoms with Gasteiger partial charge in [0.2, 0.25) is 5.82 Å². The SMILES string of the molecule is C=CCN1C(=S)NC(c2ccc(OC)cc2)C(c2nc(-c3cccc(F)c3)no2)=C1C. The first-order chi connectivity index (χ1) is 15.0. The molecule has 0 bridgehead atoms. The third-order valence-corrected chi connectivity index (χ3v) is 5.43. The number of methoxy groups -OCH3 is 1. The highest BCUT2D eigenvalue weighted by molar-refractivity contribution is 7.80. The highest BCUT2D eigenvalue weighted by Gasteiger charge is 2.33. The highest BCUT2D eigenvalue weighted by Crippen LogP contribution is 2.37. The van der Waals surface area contributed by atoms with Crippen molar-refractivity contribution in [2.45, 2.75) is 13.0 Å². The van der Waals surface area contributed by atoms with E-state index in [0.717, 1.165) is 22.6 Å². The molecule has 1 aliphatic rings. The van der Waals surface area contributed by atoms with Crippen molar-refractivity contribution in [2.24, 2.45) is 0 Å². The monoisotopic (exact) mass is 436 g/mol. The Hall–Kier alpha value is -3.52. The predicted octanol–water partition coefficient (Wildman–Crippen LogP) is 4.73. The molecule has 1 unspecified atom stereocenters. The Morgan fingerprint density at radius 3 is 2.74 bits per heavy atom. The van der Waals surface area contributed by atoms with E-state index in [0.29, 0.717) is 28.9 Å². The van der Waals surface area contributed by atoms with Gasteiger partial charge in [0, 0.05) is 17.8 Å². The number of allylic oxidation sites excluding steroid dienone is 1. The summed E-state index contributed by atoms with van der Waals surface area (Å²) < 4.78 is 24.6. The van der Waals surface area contributed by atoms with Gasteiger partial charge < -0.3 is 19.5 Å². The number of aromatic nitrogens is 2. The first kappa shape index (κ1) is 20.7. The van der Waals surface area contributed by atoms with E-state index in [1.807, 2.05) is 36.1 Å². The molecule has 8 heteroatoms. The number of nitrogens with zero attached hydrogens (tertiary/aromatic N) is 3. The molecule has 1 atom stereocenters. The van der Waals surface area contributed by atoms with E-state index in [1.165, 1.54) is 12.1 Å². The molecule has 0 amide bonds. The van der Waals surface area contributed by atoms with E-state index in [2.05, 4.69) is 22.0 Å². The number of benzene rings is 2. The van der Waals surface area contributed by atoms with Crippen LogP contribution < -0.4 is 10.1 Å². The molecule has 0 saturated carbocycles. The van der Waals surface area contributed by atoms with Gasteiger partial charge in [-0.25, -0.2) is 4.39 Å². The molecule has 2 heterocycles. The molecular formula is C23H21FN4O2S. The molecule has 1 N–H and O–H groups in total. The Bertz CT molecular complexity index is 1160. The molecule has 4 rings (SSSR count). The van der Waals surface area contributed by atoms with Gasteiger partial charge in [0.05, 0.1) is 18.7 Å². The number of hydrogen-bond acceptors (Lipinski definition) is 5. The Morgan fingerprint density at radius 1 is 1.29 bits per heavy atom. The summed E-state index contributed by atoms with van der Waals surface area (Å²) in [5, 5.41) is 8.02. The van der Waals surface area contributed by atoms with Crippen LogP contribution in [0.1, 0.15) is 24.4 Å². The van der Waals surface area contributed by atoms with Crippen molar-refractivity contribution in [3.8, 4) is 17.1 Å². The molecule has 158 valence electrons. The summed E-state index contributed by atoms with van der Waals surface area (Å²) in [7, 11) is 1.62. The van der Waals surface area contributed by atoms with Crippen molar-refractivity contribution < 1.29 is 13.7 Å². The number of rotatable bonds is 6. The average Bonchev–Trinajstić information content (AvgIpc) is 3.26. The second-order valence-corrected chi connectivity index (χ2v) is 7.37. The quantitative estimate of drug-likeness (QED) is 0.443. The lowest BCUT2D eigenvalue weighted by atomic mass is 9.94. The molecule has 0 fully saturated rings. The van der Waals surface area contributed by atoms with Crippen LogP contribution in [0.15, 0.2) is 71.4 Å². The van der Waals surface area contributed by atoms with Crippen molar-refractivity contribution in [3.63, 3.8) is 0 Å². The molecule has 6 nitrogen and oxygen atoms in total. The molecule has 0 saturated heterocycles. The van der Waals surface area contributed by atoms with Crippen LogP contribution in [0.5, 0.6) is 5.75 Å². The lowest BCUT2D eigenvalue weighted by molar-refractivity contribution is 0.399. The van der Waals surface area contributed by atoms with Crippen molar-refractivity contribution in [3.05, 3.63) is 84.2 Å². The minimum absolute atomic E-state index is 0.305. The third kappa shape index (κ3) is 4.06. The van der Waals surface area contributed by atoms with Gasteiger partial charge in [0.15, 0.2) is 5.11 Å². The van der Waals surface area contributed by atoms with Crippen LogP contribution in [0, 0.1) is 5.82 Å². The number of hydrogen-bond donors (Lipinski definition) is 1. The lowest BCUT2D eigenvalue weighted by Gasteiger charge is -2.36. The van der Waals surface area contributed by atoms with Gasteiger partial charge in [-0.2, -0.15) is 4.98 Å². The van der Waals surface area contributed by atoms with Gasteiger partial charge in [-0.15, -0.1) is 6.58 Å². The number of thiocarbonyl (C=S) groups is 1. The Labute approximate surface area is 185 Å². The fraction of sp³-hybridized carbons (Fsp3) is 0.174. The minimum atomic E-state index is -0.364. The van der Waals surface area contributed by atoms with Crippen molar-refractivity contribution >= 4 is 22.9 Å². The first-order valence-electron chi connectivity index (χ1n) is 9.65. The van der Waals surface area contributed by atoms with Gasteiger partial charge in [-0.1, -0.05) is 35.5 Å². The number of ether oxygens (including phenoxy) is 1. The standard InChI is InChI=1S/C23H21FN4O2S/c1-4-12-28-14(2)19(20(25-23(28)31)15-8-10-18(29-3)11-9-15)22-26-21(27-30-22)16-6-5-7-17(24)13-16/h4-11,13,20H,1,12H2,2-3H3,(H,25,31). The van der Waals surface area contributed by atoms with Crippen LogP contribution in [-0.2, 0) is 0 Å². The summed E-state index contributed by atoms with van der Waals surface area (Å²) in [6.07, 6.45) is 1.77. The van der Waals surface area contributed by atoms with Crippen molar-refractivity contribution in [2.75, 3.05) is 13.7 Å². The predicted molar refractivity (Wildman–Crippen MR) is 121 cm³/mol. The van der Waals surface area contributed by atoms with E-state index >= 15 is 0 Å². The summed E-state index contributed by atoms with van der Waals surface area (Å²) in [5.74, 6) is 1.04. The zero-order chi connectivity index (χ0) is 22.0. The Balaban J connectivity index is 1.81. The zero-order valence-electron chi connectivity index (χ0n) is 17.1. The summed E-state index contributed by atoms with van der Waals surface area (Å²) in [6, 6.07) is 13.5. The van der Waals surface area contributed by atoms with Gasteiger partial charge in [0.25, 0.3) is 5.89 Å². The lowest BCUT2D eigenvalue weighted by Crippen LogP contribution is -2.45. The van der Waals surface area contributed by atoms with Crippen LogP contribution in [0.4, 0.5) is 4.39 Å². The molecular weight excluding hydrogens is 415 g/mol. The number of nitrogens with one attached hydrogen (secondary N) is 1. The van der Waals surface area contributed by atoms with Crippen molar-refractivity contribution in [1.82, 2.24) is 20.4 Å². The molecule has 1 aromatic heterocycles. The fourth-order valence-corrected chi connectivity index (χ4v) is 3.86. The average molecular weight is 437 g/mol. The van der Waals surface area contributed by atoms with Crippen LogP contribution >= 0.6 is 12.2 Å². The van der Waals surface area contributed by atoms with Crippen molar-refractivity contribution in [1.29, 1.82) is 0 Å². The fourth-order valence-electron chi connectivity index (χ4n) is 3.53. The van der Waals surface area contributed by atoms with E-state index < -0.39 is 0 Å². The maximum Gasteiger partial charge on any atom is 0.258 e. The topological polar surface area (TPSA) is 63.4 Å². The first-order valence-corrected chi connectivity index (χ1v) is 10.1. The maximum absolute atomic E-state index is 13.7. The maximum atomic E-state index is 13.7. The minimum Gasteiger partial charge on any atom is -0.497 e. The van der Waals surface area contributed by atoms with Gasteiger partial charge in [0.1, 0.15) is 11.6 Å². The van der Waals surface area contributed by atoms with Gasteiger partial charge in [-0.05, 0) is 49.0 Å². The Morgan fingerprint density at radius 2 is 2.06 bits per heavy atom. The molecule has 0 radical (unpaired) electrons. The molecule has 1 aliphatic heterocycles.